The van der Waals surface area contributed by atoms with Gasteiger partial charge in [-0.05, 0) is 28.8 Å². The van der Waals surface area contributed by atoms with Gasteiger partial charge in [0.25, 0.3) is 0 Å². The molecule has 0 radical (unpaired) electrons. The van der Waals surface area contributed by atoms with Gasteiger partial charge in [-0.1, -0.05) is 41.5 Å². The van der Waals surface area contributed by atoms with Crippen molar-refractivity contribution in [2.24, 2.45) is 0 Å². The normalized spacial score (nSPS) is 12.1. The molecule has 4 nitrogen and oxygen atoms in total. The van der Waals surface area contributed by atoms with Crippen LogP contribution in [-0.2, 0) is 11.0 Å². The van der Waals surface area contributed by atoms with E-state index in [1.807, 2.05) is 6.07 Å². The van der Waals surface area contributed by atoms with E-state index in [0.717, 1.165) is 11.8 Å². The maximum Gasteiger partial charge on any atom is 0.200 e. The summed E-state index contributed by atoms with van der Waals surface area (Å²) in [6, 6.07) is 3.52. The van der Waals surface area contributed by atoms with Crippen LogP contribution in [0.3, 0.4) is 0 Å². The Balaban J connectivity index is 3.26. The van der Waals surface area contributed by atoms with Gasteiger partial charge >= 0.3 is 0 Å². The van der Waals surface area contributed by atoms with Crippen LogP contribution < -0.4 is 9.47 Å². The van der Waals surface area contributed by atoms with E-state index in [4.69, 9.17) is 13.9 Å². The van der Waals surface area contributed by atoms with Gasteiger partial charge in [-0.2, -0.15) is 0 Å². The Morgan fingerprint density at radius 3 is 1.88 bits per heavy atom. The lowest BCUT2D eigenvalue weighted by Crippen LogP contribution is -2.47. The van der Waals surface area contributed by atoms with Crippen LogP contribution in [-0.4, -0.2) is 28.8 Å². The van der Waals surface area contributed by atoms with Crippen molar-refractivity contribution in [3.05, 3.63) is 23.3 Å². The fourth-order valence-corrected chi connectivity index (χ4v) is 9.35. The SMILES string of the molecule is COc1cc(C=O)cc(CO[Si](C(C)C)(C(C)C)C(C)C)c1OC. The summed E-state index contributed by atoms with van der Waals surface area (Å²) in [5.74, 6) is 1.20. The first-order valence-corrected chi connectivity index (χ1v) is 10.7. The first kappa shape index (κ1) is 20.7. The molecule has 5 heteroatoms. The van der Waals surface area contributed by atoms with Gasteiger partial charge in [0.2, 0.25) is 8.32 Å². The molecule has 0 aliphatic carbocycles. The molecule has 0 aromatic heterocycles. The zero-order valence-corrected chi connectivity index (χ0v) is 17.3. The largest absolute Gasteiger partial charge is 0.493 e. The van der Waals surface area contributed by atoms with Crippen LogP contribution in [0.25, 0.3) is 0 Å². The predicted molar refractivity (Wildman–Crippen MR) is 101 cm³/mol. The third kappa shape index (κ3) is 4.01. The number of hydrogen-bond acceptors (Lipinski definition) is 4. The summed E-state index contributed by atoms with van der Waals surface area (Å²) in [6.07, 6.45) is 0.823. The second-order valence-corrected chi connectivity index (χ2v) is 12.6. The molecule has 0 amide bonds. The number of aldehydes is 1. The second kappa shape index (κ2) is 8.67. The summed E-state index contributed by atoms with van der Waals surface area (Å²) in [6.45, 7) is 14.0. The molecule has 1 aromatic carbocycles. The molecule has 0 fully saturated rings. The van der Waals surface area contributed by atoms with Crippen LogP contribution in [0.5, 0.6) is 11.5 Å². The van der Waals surface area contributed by atoms with Crippen molar-refractivity contribution in [2.45, 2.75) is 64.8 Å². The number of benzene rings is 1. The topological polar surface area (TPSA) is 44.8 Å². The fraction of sp³-hybridized carbons (Fsp3) is 0.632. The Bertz CT molecular complexity index is 531. The molecule has 136 valence electrons. The maximum absolute atomic E-state index is 11.2. The zero-order chi connectivity index (χ0) is 18.5. The molecule has 1 rings (SSSR count). The predicted octanol–water partition coefficient (Wildman–Crippen LogP) is 5.21. The number of ether oxygens (including phenoxy) is 2. The van der Waals surface area contributed by atoms with Crippen molar-refractivity contribution >= 4 is 14.6 Å². The van der Waals surface area contributed by atoms with Gasteiger partial charge in [0.05, 0.1) is 20.8 Å². The number of hydrogen-bond donors (Lipinski definition) is 0. The molecular weight excluding hydrogens is 320 g/mol. The molecule has 0 bridgehead atoms. The highest BCUT2D eigenvalue weighted by atomic mass is 28.4. The summed E-state index contributed by atoms with van der Waals surface area (Å²) in [5, 5.41) is 0. The lowest BCUT2D eigenvalue weighted by Gasteiger charge is -2.42. The summed E-state index contributed by atoms with van der Waals surface area (Å²) >= 11 is 0. The summed E-state index contributed by atoms with van der Waals surface area (Å²) in [4.78, 5) is 11.2. The molecule has 0 atom stereocenters. The van der Waals surface area contributed by atoms with Crippen LogP contribution >= 0.6 is 0 Å². The Labute approximate surface area is 147 Å². The highest BCUT2D eigenvalue weighted by molar-refractivity contribution is 6.77. The summed E-state index contributed by atoms with van der Waals surface area (Å²) in [5.41, 5.74) is 2.92. The molecule has 1 aromatic rings. The minimum absolute atomic E-state index is 0.433. The van der Waals surface area contributed by atoms with E-state index in [1.54, 1.807) is 20.3 Å². The number of rotatable bonds is 9. The van der Waals surface area contributed by atoms with Gasteiger partial charge in [0.15, 0.2) is 11.5 Å². The van der Waals surface area contributed by atoms with Gasteiger partial charge in [0, 0.05) is 11.1 Å². The van der Waals surface area contributed by atoms with Gasteiger partial charge in [0.1, 0.15) is 6.29 Å². The van der Waals surface area contributed by atoms with E-state index in [2.05, 4.69) is 41.5 Å². The molecule has 0 unspecified atom stereocenters. The molecule has 0 spiro atoms. The minimum Gasteiger partial charge on any atom is -0.493 e. The first-order valence-electron chi connectivity index (χ1n) is 8.58. The first-order chi connectivity index (χ1) is 11.2. The van der Waals surface area contributed by atoms with Gasteiger partial charge < -0.3 is 13.9 Å². The average molecular weight is 353 g/mol. The van der Waals surface area contributed by atoms with E-state index in [9.17, 15) is 4.79 Å². The Morgan fingerprint density at radius 2 is 1.50 bits per heavy atom. The van der Waals surface area contributed by atoms with Gasteiger partial charge in [-0.3, -0.25) is 4.79 Å². The van der Waals surface area contributed by atoms with E-state index in [-0.39, 0.29) is 0 Å². The Kier molecular flexibility index (Phi) is 7.48. The van der Waals surface area contributed by atoms with Crippen molar-refractivity contribution in [2.75, 3.05) is 14.2 Å². The van der Waals surface area contributed by atoms with Gasteiger partial charge in [-0.15, -0.1) is 0 Å². The molecule has 0 saturated carbocycles. The van der Waals surface area contributed by atoms with Crippen molar-refractivity contribution in [3.63, 3.8) is 0 Å². The summed E-state index contributed by atoms with van der Waals surface area (Å²) < 4.78 is 17.5. The van der Waals surface area contributed by atoms with Crippen molar-refractivity contribution < 1.29 is 18.7 Å². The quantitative estimate of drug-likeness (QED) is 0.452. The lowest BCUT2D eigenvalue weighted by molar-refractivity contribution is 0.112. The molecular formula is C19H32O4Si. The van der Waals surface area contributed by atoms with E-state index < -0.39 is 8.32 Å². The smallest absolute Gasteiger partial charge is 0.200 e. The summed E-state index contributed by atoms with van der Waals surface area (Å²) in [7, 11) is 1.20. The van der Waals surface area contributed by atoms with Crippen LogP contribution in [0.2, 0.25) is 16.6 Å². The van der Waals surface area contributed by atoms with E-state index >= 15 is 0 Å². The fourth-order valence-electron chi connectivity index (χ4n) is 3.94. The molecule has 0 N–H and O–H groups in total. The minimum atomic E-state index is -1.99. The van der Waals surface area contributed by atoms with E-state index in [0.29, 0.717) is 40.3 Å². The molecule has 24 heavy (non-hydrogen) atoms. The van der Waals surface area contributed by atoms with E-state index in [1.165, 1.54) is 0 Å². The monoisotopic (exact) mass is 352 g/mol. The second-order valence-electron chi connectivity index (χ2n) is 7.14. The number of carbonyl (C=O) groups excluding carboxylic acids is 1. The number of methoxy groups -OCH3 is 2. The van der Waals surface area contributed by atoms with Crippen LogP contribution in [0.15, 0.2) is 12.1 Å². The van der Waals surface area contributed by atoms with Gasteiger partial charge in [-0.25, -0.2) is 0 Å². The van der Waals surface area contributed by atoms with Crippen molar-refractivity contribution in [3.8, 4) is 11.5 Å². The molecule has 0 heterocycles. The average Bonchev–Trinajstić information content (AvgIpc) is 2.53. The molecule has 0 aliphatic rings. The van der Waals surface area contributed by atoms with Crippen LogP contribution in [0, 0.1) is 0 Å². The van der Waals surface area contributed by atoms with Crippen molar-refractivity contribution in [1.82, 2.24) is 0 Å². The van der Waals surface area contributed by atoms with Crippen LogP contribution in [0.1, 0.15) is 57.5 Å². The number of carbonyl (C=O) groups is 1. The zero-order valence-electron chi connectivity index (χ0n) is 16.3. The lowest BCUT2D eigenvalue weighted by atomic mass is 10.1. The highest BCUT2D eigenvalue weighted by Crippen LogP contribution is 2.43. The van der Waals surface area contributed by atoms with Crippen molar-refractivity contribution in [1.29, 1.82) is 0 Å². The third-order valence-electron chi connectivity index (χ3n) is 4.90. The Hall–Kier alpha value is -1.33. The molecule has 0 saturated heterocycles. The Morgan fingerprint density at radius 1 is 0.958 bits per heavy atom. The van der Waals surface area contributed by atoms with Crippen LogP contribution in [0.4, 0.5) is 0 Å². The highest BCUT2D eigenvalue weighted by Gasteiger charge is 2.45. The third-order valence-corrected chi connectivity index (χ3v) is 11.0. The standard InChI is InChI=1S/C19H32O4Si/c1-13(2)24(14(3)4,15(5)6)23-12-17-9-16(11-20)10-18(21-7)19(17)22-8/h9-11,13-15H,12H2,1-8H3. The molecule has 0 aliphatic heterocycles. The maximum atomic E-state index is 11.2.